The van der Waals surface area contributed by atoms with E-state index in [-0.39, 0.29) is 5.75 Å². The van der Waals surface area contributed by atoms with Crippen molar-refractivity contribution >= 4 is 10.0 Å². The van der Waals surface area contributed by atoms with Gasteiger partial charge in [-0.05, 0) is 44.0 Å². The van der Waals surface area contributed by atoms with Gasteiger partial charge in [-0.2, -0.15) is 4.31 Å². The molecule has 0 spiro atoms. The highest BCUT2D eigenvalue weighted by Crippen LogP contribution is 2.13. The Bertz CT molecular complexity index is 549. The van der Waals surface area contributed by atoms with E-state index in [0.717, 1.165) is 38.2 Å². The van der Waals surface area contributed by atoms with Crippen molar-refractivity contribution in [1.29, 1.82) is 0 Å². The van der Waals surface area contributed by atoms with Crippen LogP contribution >= 0.6 is 0 Å². The van der Waals surface area contributed by atoms with Crippen molar-refractivity contribution in [1.82, 2.24) is 9.21 Å². The summed E-state index contributed by atoms with van der Waals surface area (Å²) in [6.07, 6.45) is 2.13. The van der Waals surface area contributed by atoms with E-state index in [1.807, 2.05) is 12.1 Å². The summed E-state index contributed by atoms with van der Waals surface area (Å²) in [5, 5.41) is 0. The van der Waals surface area contributed by atoms with Crippen LogP contribution in [0.15, 0.2) is 24.3 Å². The zero-order chi connectivity index (χ0) is 16.0. The number of hydrogen-bond donors (Lipinski definition) is 0. The summed E-state index contributed by atoms with van der Waals surface area (Å²) >= 11 is 0. The van der Waals surface area contributed by atoms with E-state index in [1.165, 1.54) is 5.56 Å². The molecular formula is C16H26N2O3S. The average molecular weight is 326 g/mol. The molecule has 5 nitrogen and oxygen atoms in total. The molecule has 0 N–H and O–H groups in total. The van der Waals surface area contributed by atoms with Crippen LogP contribution < -0.4 is 4.74 Å². The number of sulfonamides is 1. The Morgan fingerprint density at radius 2 is 1.73 bits per heavy atom. The number of hydrogen-bond acceptors (Lipinski definition) is 4. The van der Waals surface area contributed by atoms with E-state index >= 15 is 0 Å². The topological polar surface area (TPSA) is 49.9 Å². The van der Waals surface area contributed by atoms with Gasteiger partial charge in [-0.15, -0.1) is 0 Å². The Hall–Kier alpha value is -1.11. The number of ether oxygens (including phenoxy) is 1. The van der Waals surface area contributed by atoms with E-state index in [1.54, 1.807) is 18.3 Å². The SMILES string of the molecule is CCS(=O)(=O)N1CCN(CCCc2ccc(OC)cc2)CC1. The second-order valence-corrected chi connectivity index (χ2v) is 7.85. The predicted octanol–water partition coefficient (Wildman–Crippen LogP) is 1.60. The standard InChI is InChI=1S/C16H26N2O3S/c1-3-22(19,20)18-13-11-17(12-14-18)10-4-5-15-6-8-16(21-2)9-7-15/h6-9H,3-5,10-14H2,1-2H3. The van der Waals surface area contributed by atoms with Gasteiger partial charge in [0.25, 0.3) is 0 Å². The average Bonchev–Trinajstić information content (AvgIpc) is 2.56. The molecule has 1 saturated heterocycles. The molecule has 0 atom stereocenters. The fraction of sp³-hybridized carbons (Fsp3) is 0.625. The van der Waals surface area contributed by atoms with Gasteiger partial charge in [0.1, 0.15) is 5.75 Å². The molecule has 1 aliphatic heterocycles. The van der Waals surface area contributed by atoms with Crippen molar-refractivity contribution in [3.63, 3.8) is 0 Å². The lowest BCUT2D eigenvalue weighted by atomic mass is 10.1. The normalized spacial score (nSPS) is 17.5. The molecule has 2 rings (SSSR count). The monoisotopic (exact) mass is 326 g/mol. The van der Waals surface area contributed by atoms with Gasteiger partial charge in [-0.25, -0.2) is 8.42 Å². The van der Waals surface area contributed by atoms with Gasteiger partial charge >= 0.3 is 0 Å². The fourth-order valence-electron chi connectivity index (χ4n) is 2.71. The third-order valence-electron chi connectivity index (χ3n) is 4.19. The molecule has 6 heteroatoms. The van der Waals surface area contributed by atoms with E-state index in [2.05, 4.69) is 17.0 Å². The van der Waals surface area contributed by atoms with E-state index in [4.69, 9.17) is 4.74 Å². The van der Waals surface area contributed by atoms with Gasteiger partial charge in [0, 0.05) is 26.2 Å². The van der Waals surface area contributed by atoms with Gasteiger partial charge in [0.05, 0.1) is 12.9 Å². The van der Waals surface area contributed by atoms with Crippen LogP contribution in [0, 0.1) is 0 Å². The molecule has 1 heterocycles. The van der Waals surface area contributed by atoms with Crippen molar-refractivity contribution < 1.29 is 13.2 Å². The van der Waals surface area contributed by atoms with Gasteiger partial charge in [0.2, 0.25) is 10.0 Å². The molecule has 1 fully saturated rings. The molecule has 124 valence electrons. The number of benzene rings is 1. The van der Waals surface area contributed by atoms with Crippen LogP contribution in [-0.4, -0.2) is 63.2 Å². The molecular weight excluding hydrogens is 300 g/mol. The maximum Gasteiger partial charge on any atom is 0.213 e. The van der Waals surface area contributed by atoms with Crippen molar-refractivity contribution in [2.75, 3.05) is 45.6 Å². The molecule has 1 aromatic carbocycles. The second-order valence-electron chi connectivity index (χ2n) is 5.59. The molecule has 0 radical (unpaired) electrons. The maximum atomic E-state index is 11.8. The molecule has 0 amide bonds. The predicted molar refractivity (Wildman–Crippen MR) is 88.8 cm³/mol. The summed E-state index contributed by atoms with van der Waals surface area (Å²) in [7, 11) is -1.35. The molecule has 0 aromatic heterocycles. The summed E-state index contributed by atoms with van der Waals surface area (Å²) in [6.45, 7) is 5.64. The van der Waals surface area contributed by atoms with E-state index in [9.17, 15) is 8.42 Å². The van der Waals surface area contributed by atoms with Crippen molar-refractivity contribution in [2.45, 2.75) is 19.8 Å². The molecule has 0 bridgehead atoms. The summed E-state index contributed by atoms with van der Waals surface area (Å²) in [5.74, 6) is 1.08. The summed E-state index contributed by atoms with van der Waals surface area (Å²) < 4.78 is 30.4. The van der Waals surface area contributed by atoms with E-state index in [0.29, 0.717) is 13.1 Å². The van der Waals surface area contributed by atoms with E-state index < -0.39 is 10.0 Å². The minimum atomic E-state index is -3.02. The number of methoxy groups -OCH3 is 1. The number of piperazine rings is 1. The molecule has 1 aliphatic rings. The van der Waals surface area contributed by atoms with Gasteiger partial charge < -0.3 is 9.64 Å². The molecule has 0 aliphatic carbocycles. The zero-order valence-electron chi connectivity index (χ0n) is 13.5. The number of aryl methyl sites for hydroxylation is 1. The van der Waals surface area contributed by atoms with Crippen LogP contribution in [-0.2, 0) is 16.4 Å². The molecule has 0 saturated carbocycles. The lowest BCUT2D eigenvalue weighted by Gasteiger charge is -2.33. The molecule has 0 unspecified atom stereocenters. The lowest BCUT2D eigenvalue weighted by molar-refractivity contribution is 0.187. The molecule has 22 heavy (non-hydrogen) atoms. The van der Waals surface area contributed by atoms with Gasteiger partial charge in [0.15, 0.2) is 0 Å². The largest absolute Gasteiger partial charge is 0.497 e. The Morgan fingerprint density at radius 3 is 2.27 bits per heavy atom. The quantitative estimate of drug-likeness (QED) is 0.764. The van der Waals surface area contributed by atoms with Crippen LogP contribution in [0.25, 0.3) is 0 Å². The molecule has 1 aromatic rings. The zero-order valence-corrected chi connectivity index (χ0v) is 14.3. The van der Waals surface area contributed by atoms with Crippen LogP contribution in [0.4, 0.5) is 0 Å². The summed E-state index contributed by atoms with van der Waals surface area (Å²) in [4.78, 5) is 2.35. The second kappa shape index (κ2) is 7.94. The Morgan fingerprint density at radius 1 is 1.09 bits per heavy atom. The fourth-order valence-corrected chi connectivity index (χ4v) is 3.80. The first-order valence-electron chi connectivity index (χ1n) is 7.88. The Balaban J connectivity index is 1.70. The minimum absolute atomic E-state index is 0.199. The maximum absolute atomic E-state index is 11.8. The van der Waals surface area contributed by atoms with Crippen molar-refractivity contribution in [3.8, 4) is 5.75 Å². The van der Waals surface area contributed by atoms with Crippen LogP contribution in [0.3, 0.4) is 0 Å². The van der Waals surface area contributed by atoms with Crippen LogP contribution in [0.1, 0.15) is 18.9 Å². The minimum Gasteiger partial charge on any atom is -0.497 e. The highest BCUT2D eigenvalue weighted by atomic mass is 32.2. The Labute approximate surface area is 133 Å². The van der Waals surface area contributed by atoms with Crippen molar-refractivity contribution in [2.24, 2.45) is 0 Å². The third-order valence-corrected chi connectivity index (χ3v) is 6.07. The van der Waals surface area contributed by atoms with Gasteiger partial charge in [-0.3, -0.25) is 0 Å². The summed E-state index contributed by atoms with van der Waals surface area (Å²) in [5.41, 5.74) is 1.31. The number of nitrogens with zero attached hydrogens (tertiary/aromatic N) is 2. The van der Waals surface area contributed by atoms with Crippen LogP contribution in [0.2, 0.25) is 0 Å². The third kappa shape index (κ3) is 4.69. The van der Waals surface area contributed by atoms with Gasteiger partial charge in [-0.1, -0.05) is 12.1 Å². The van der Waals surface area contributed by atoms with Crippen LogP contribution in [0.5, 0.6) is 5.75 Å². The lowest BCUT2D eigenvalue weighted by Crippen LogP contribution is -2.49. The Kier molecular flexibility index (Phi) is 6.23. The smallest absolute Gasteiger partial charge is 0.213 e. The first-order valence-corrected chi connectivity index (χ1v) is 9.49. The number of rotatable bonds is 7. The highest BCUT2D eigenvalue weighted by molar-refractivity contribution is 7.89. The summed E-state index contributed by atoms with van der Waals surface area (Å²) in [6, 6.07) is 8.18. The van der Waals surface area contributed by atoms with Crippen molar-refractivity contribution in [3.05, 3.63) is 29.8 Å². The first kappa shape index (κ1) is 17.2. The highest BCUT2D eigenvalue weighted by Gasteiger charge is 2.24. The first-order chi connectivity index (χ1) is 10.5.